The highest BCUT2D eigenvalue weighted by Gasteiger charge is 2.18. The largest absolute Gasteiger partial charge is 0.487 e. The number of aromatic nitrogens is 2. The van der Waals surface area contributed by atoms with Gasteiger partial charge < -0.3 is 4.74 Å². The van der Waals surface area contributed by atoms with Crippen LogP contribution in [0.1, 0.15) is 11.1 Å². The molecule has 3 rings (SSSR count). The van der Waals surface area contributed by atoms with Crippen LogP contribution in [0.15, 0.2) is 53.2 Å². The molecule has 0 unspecified atom stereocenters. The molecule has 34 heavy (non-hydrogen) atoms. The van der Waals surface area contributed by atoms with Gasteiger partial charge in [0.1, 0.15) is 24.0 Å². The molecule has 1 heterocycles. The first-order chi connectivity index (χ1) is 16.1. The fourth-order valence-corrected chi connectivity index (χ4v) is 4.26. The van der Waals surface area contributed by atoms with Crippen LogP contribution >= 0.6 is 23.1 Å². The lowest BCUT2D eigenvalue weighted by atomic mass is 10.1. The number of nitro benzene ring substituents is 1. The van der Waals surface area contributed by atoms with Gasteiger partial charge in [-0.25, -0.2) is 8.42 Å². The van der Waals surface area contributed by atoms with Crippen LogP contribution in [0, 0.1) is 21.4 Å². The van der Waals surface area contributed by atoms with Crippen LogP contribution in [-0.4, -0.2) is 34.9 Å². The van der Waals surface area contributed by atoms with E-state index in [2.05, 4.69) is 14.7 Å². The molecule has 0 spiro atoms. The maximum absolute atomic E-state index is 12.4. The number of carbonyl (C=O) groups excluding carboxylic acids is 1. The molecule has 14 heteroatoms. The quantitative estimate of drug-likeness (QED) is 0.202. The van der Waals surface area contributed by atoms with E-state index in [0.717, 1.165) is 6.26 Å². The number of para-hydroxylation sites is 1. The first-order valence-electron chi connectivity index (χ1n) is 9.20. The van der Waals surface area contributed by atoms with E-state index in [9.17, 15) is 28.6 Å². The molecule has 3 aromatic rings. The zero-order valence-corrected chi connectivity index (χ0v) is 19.6. The highest BCUT2D eigenvalue weighted by Crippen LogP contribution is 2.28. The minimum Gasteiger partial charge on any atom is -0.487 e. The number of nitro groups is 1. The second kappa shape index (κ2) is 10.4. The molecule has 0 aliphatic rings. The van der Waals surface area contributed by atoms with Crippen molar-refractivity contribution in [2.45, 2.75) is 11.8 Å². The van der Waals surface area contributed by atoms with Gasteiger partial charge >= 0.3 is 0 Å². The summed E-state index contributed by atoms with van der Waals surface area (Å²) in [5.74, 6) is -0.561. The number of nitrogens with zero attached hydrogens (tertiary/aromatic N) is 4. The summed E-state index contributed by atoms with van der Waals surface area (Å²) in [6.07, 6.45) is 2.20. The molecule has 0 saturated heterocycles. The summed E-state index contributed by atoms with van der Waals surface area (Å²) in [7, 11) is -3.63. The average Bonchev–Trinajstić information content (AvgIpc) is 3.26. The lowest BCUT2D eigenvalue weighted by Gasteiger charge is -2.09. The molecule has 1 amide bonds. The molecule has 0 aliphatic carbocycles. The van der Waals surface area contributed by atoms with Crippen LogP contribution in [0.4, 0.5) is 10.8 Å². The Labute approximate surface area is 202 Å². The molecular weight excluding hydrogens is 506 g/mol. The van der Waals surface area contributed by atoms with Crippen LogP contribution in [0.5, 0.6) is 5.75 Å². The number of nitriles is 1. The van der Waals surface area contributed by atoms with Crippen molar-refractivity contribution in [1.82, 2.24) is 9.36 Å². The van der Waals surface area contributed by atoms with E-state index in [-0.39, 0.29) is 33.8 Å². The summed E-state index contributed by atoms with van der Waals surface area (Å²) in [6, 6.07) is 12.4. The topological polar surface area (TPSA) is 165 Å². The van der Waals surface area contributed by atoms with Gasteiger partial charge in [-0.1, -0.05) is 29.8 Å². The third-order valence-corrected chi connectivity index (χ3v) is 6.05. The Bertz CT molecular complexity index is 1450. The maximum Gasteiger partial charge on any atom is 0.276 e. The van der Waals surface area contributed by atoms with Crippen molar-refractivity contribution in [2.24, 2.45) is 0 Å². The number of ether oxygens (including phenoxy) is 1. The van der Waals surface area contributed by atoms with E-state index in [0.29, 0.717) is 22.7 Å². The normalized spacial score (nSPS) is 11.5. The number of rotatable bonds is 8. The average molecular weight is 520 g/mol. The summed E-state index contributed by atoms with van der Waals surface area (Å²) in [6.45, 7) is -0.0881. The molecule has 0 aliphatic heterocycles. The SMILES string of the molecule is CS(=O)(=O)c1nsc(NC(=O)C(C#N)=Cc2ccc(OCc3ccccc3[N+](=O)[O-])c(Cl)c2)n1. The minimum absolute atomic E-state index is 0.0802. The molecular formula is C20H14ClN5O6S2. The predicted molar refractivity (Wildman–Crippen MR) is 124 cm³/mol. The van der Waals surface area contributed by atoms with Crippen molar-refractivity contribution in [3.05, 3.63) is 74.3 Å². The zero-order chi connectivity index (χ0) is 24.9. The first-order valence-corrected chi connectivity index (χ1v) is 12.2. The highest BCUT2D eigenvalue weighted by atomic mass is 35.5. The van der Waals surface area contributed by atoms with Crippen LogP contribution in [-0.2, 0) is 21.2 Å². The smallest absolute Gasteiger partial charge is 0.276 e. The fourth-order valence-electron chi connectivity index (χ4n) is 2.58. The Balaban J connectivity index is 1.73. The van der Waals surface area contributed by atoms with Crippen LogP contribution < -0.4 is 10.1 Å². The number of nitrogens with one attached hydrogen (secondary N) is 1. The van der Waals surface area contributed by atoms with Crippen molar-refractivity contribution in [3.8, 4) is 11.8 Å². The Morgan fingerprint density at radius 2 is 2.09 bits per heavy atom. The molecule has 0 bridgehead atoms. The number of benzene rings is 2. The van der Waals surface area contributed by atoms with Crippen LogP contribution in [0.3, 0.4) is 0 Å². The van der Waals surface area contributed by atoms with Gasteiger partial charge in [0.15, 0.2) is 0 Å². The van der Waals surface area contributed by atoms with Crippen molar-refractivity contribution < 1.29 is 22.9 Å². The van der Waals surface area contributed by atoms with Gasteiger partial charge in [-0.3, -0.25) is 20.2 Å². The van der Waals surface area contributed by atoms with Crippen molar-refractivity contribution in [2.75, 3.05) is 11.6 Å². The molecule has 0 fully saturated rings. The van der Waals surface area contributed by atoms with E-state index in [1.54, 1.807) is 24.3 Å². The van der Waals surface area contributed by atoms with Crippen molar-refractivity contribution >= 4 is 55.8 Å². The number of hydrogen-bond acceptors (Lipinski definition) is 10. The third kappa shape index (κ3) is 6.13. The number of amides is 1. The maximum atomic E-state index is 12.4. The molecule has 0 radical (unpaired) electrons. The van der Waals surface area contributed by atoms with Crippen molar-refractivity contribution in [3.63, 3.8) is 0 Å². The van der Waals surface area contributed by atoms with E-state index in [1.807, 2.05) is 0 Å². The van der Waals surface area contributed by atoms with Crippen LogP contribution in [0.2, 0.25) is 5.02 Å². The Hall–Kier alpha value is -3.86. The van der Waals surface area contributed by atoms with Gasteiger partial charge in [-0.2, -0.15) is 14.6 Å². The number of sulfone groups is 1. The van der Waals surface area contributed by atoms with Gasteiger partial charge in [0, 0.05) is 23.9 Å². The number of anilines is 1. The molecule has 1 N–H and O–H groups in total. The number of hydrogen-bond donors (Lipinski definition) is 1. The monoisotopic (exact) mass is 519 g/mol. The predicted octanol–water partition coefficient (Wildman–Crippen LogP) is 3.63. The second-order valence-electron chi connectivity index (χ2n) is 6.64. The number of carbonyl (C=O) groups is 1. The Morgan fingerprint density at radius 1 is 1.35 bits per heavy atom. The molecule has 0 atom stereocenters. The summed E-state index contributed by atoms with van der Waals surface area (Å²) in [5.41, 5.74) is 0.401. The Morgan fingerprint density at radius 3 is 2.71 bits per heavy atom. The summed E-state index contributed by atoms with van der Waals surface area (Å²) in [4.78, 5) is 26.7. The van der Waals surface area contributed by atoms with Crippen molar-refractivity contribution in [1.29, 1.82) is 5.26 Å². The Kier molecular flexibility index (Phi) is 7.57. The van der Waals surface area contributed by atoms with Gasteiger partial charge in [-0.15, -0.1) is 0 Å². The molecule has 174 valence electrons. The zero-order valence-electron chi connectivity index (χ0n) is 17.3. The first kappa shape index (κ1) is 24.8. The third-order valence-electron chi connectivity index (χ3n) is 4.16. The molecule has 2 aromatic carbocycles. The standard InChI is InChI=1S/C20H14ClN5O6S2/c1-34(30,31)20-24-19(33-25-20)23-18(27)14(10-22)8-12-6-7-17(15(21)9-12)32-11-13-4-2-3-5-16(13)26(28)29/h2-9H,11H2,1H3,(H,23,24,25,27). The summed E-state index contributed by atoms with van der Waals surface area (Å²) < 4.78 is 32.1. The van der Waals surface area contributed by atoms with Gasteiger partial charge in [0.05, 0.1) is 15.5 Å². The number of halogens is 1. The summed E-state index contributed by atoms with van der Waals surface area (Å²) in [5, 5.41) is 22.4. The molecule has 1 aromatic heterocycles. The molecule has 11 nitrogen and oxygen atoms in total. The molecule has 0 saturated carbocycles. The van der Waals surface area contributed by atoms with Gasteiger partial charge in [-0.05, 0) is 29.8 Å². The van der Waals surface area contributed by atoms with E-state index in [4.69, 9.17) is 16.3 Å². The summed E-state index contributed by atoms with van der Waals surface area (Å²) >= 11 is 6.90. The highest BCUT2D eigenvalue weighted by molar-refractivity contribution is 7.90. The second-order valence-corrected chi connectivity index (χ2v) is 9.71. The van der Waals surface area contributed by atoms with E-state index < -0.39 is 25.8 Å². The van der Waals surface area contributed by atoms with E-state index >= 15 is 0 Å². The lowest BCUT2D eigenvalue weighted by Crippen LogP contribution is -2.13. The van der Waals surface area contributed by atoms with Gasteiger partial charge in [0.25, 0.3) is 16.8 Å². The fraction of sp³-hybridized carbons (Fsp3) is 0.100. The van der Waals surface area contributed by atoms with Gasteiger partial charge in [0.2, 0.25) is 15.0 Å². The van der Waals surface area contributed by atoms with E-state index in [1.165, 1.54) is 30.3 Å². The van der Waals surface area contributed by atoms with Crippen LogP contribution in [0.25, 0.3) is 6.08 Å². The minimum atomic E-state index is -3.63. The lowest BCUT2D eigenvalue weighted by molar-refractivity contribution is -0.385.